The predicted molar refractivity (Wildman–Crippen MR) is 82.3 cm³/mol. The number of aromatic nitrogens is 2. The lowest BCUT2D eigenvalue weighted by molar-refractivity contribution is 0.294. The number of nitrogens with zero attached hydrogens (tertiary/aromatic N) is 2. The topological polar surface area (TPSA) is 99.5 Å². The number of aryl methyl sites for hydroxylation is 1. The summed E-state index contributed by atoms with van der Waals surface area (Å²) in [7, 11) is -2.44. The van der Waals surface area contributed by atoms with Gasteiger partial charge in [0.05, 0.1) is 13.2 Å². The molecule has 0 atom stereocenters. The zero-order valence-electron chi connectivity index (χ0n) is 12.4. The summed E-state index contributed by atoms with van der Waals surface area (Å²) in [6.45, 7) is 0.823. The Hall–Kier alpha value is -2.55. The highest BCUT2D eigenvalue weighted by atomic mass is 32.2. The van der Waals surface area contributed by atoms with Crippen LogP contribution in [0.1, 0.15) is 6.42 Å². The fraction of sp³-hybridized carbons (Fsp3) is 0.286. The molecule has 0 radical (unpaired) electrons. The molecule has 23 heavy (non-hydrogen) atoms. The minimum atomic E-state index is -3.97. The van der Waals surface area contributed by atoms with Crippen LogP contribution in [-0.4, -0.2) is 31.2 Å². The van der Waals surface area contributed by atoms with Crippen LogP contribution in [0.4, 0.5) is 5.82 Å². The van der Waals surface area contributed by atoms with Crippen molar-refractivity contribution in [1.29, 1.82) is 0 Å². The molecule has 0 saturated heterocycles. The minimum Gasteiger partial charge on any atom is -0.490 e. The van der Waals surface area contributed by atoms with Crippen molar-refractivity contribution in [3.8, 4) is 11.5 Å². The highest BCUT2D eigenvalue weighted by Gasteiger charge is 2.25. The molecule has 0 aliphatic carbocycles. The van der Waals surface area contributed by atoms with Crippen LogP contribution >= 0.6 is 0 Å². The second-order valence-electron chi connectivity index (χ2n) is 4.95. The second-order valence-corrected chi connectivity index (χ2v) is 6.60. The lowest BCUT2D eigenvalue weighted by Crippen LogP contribution is -2.23. The van der Waals surface area contributed by atoms with Crippen LogP contribution in [0.5, 0.6) is 11.5 Å². The zero-order valence-corrected chi connectivity index (χ0v) is 13.2. The highest BCUT2D eigenvalue weighted by molar-refractivity contribution is 7.92. The molecule has 1 aromatic heterocycles. The predicted octanol–water partition coefficient (Wildman–Crippen LogP) is 0.742. The van der Waals surface area contributed by atoms with E-state index in [1.165, 1.54) is 29.9 Å². The molecule has 0 spiro atoms. The van der Waals surface area contributed by atoms with Gasteiger partial charge in [-0.15, -0.1) is 0 Å². The van der Waals surface area contributed by atoms with Gasteiger partial charge in [0.2, 0.25) is 0 Å². The van der Waals surface area contributed by atoms with Crippen LogP contribution in [0.25, 0.3) is 0 Å². The van der Waals surface area contributed by atoms with Crippen LogP contribution in [0.3, 0.4) is 0 Å². The van der Waals surface area contributed by atoms with Crippen molar-refractivity contribution in [3.05, 3.63) is 40.9 Å². The Labute approximate surface area is 132 Å². The number of ether oxygens (including phenoxy) is 2. The number of benzene rings is 1. The molecule has 0 amide bonds. The molecular formula is C14H15N3O5S. The molecule has 1 aliphatic heterocycles. The monoisotopic (exact) mass is 337 g/mol. The van der Waals surface area contributed by atoms with Gasteiger partial charge >= 0.3 is 5.69 Å². The van der Waals surface area contributed by atoms with Crippen LogP contribution in [0.15, 0.2) is 40.2 Å². The van der Waals surface area contributed by atoms with Gasteiger partial charge in [0, 0.05) is 19.7 Å². The number of fused-ring (bicyclic) bond motifs is 1. The van der Waals surface area contributed by atoms with Crippen molar-refractivity contribution in [2.24, 2.45) is 7.05 Å². The van der Waals surface area contributed by atoms with Crippen molar-refractivity contribution in [2.45, 2.75) is 11.3 Å². The summed E-state index contributed by atoms with van der Waals surface area (Å²) >= 11 is 0. The molecule has 3 rings (SSSR count). The fourth-order valence-electron chi connectivity index (χ4n) is 2.09. The summed E-state index contributed by atoms with van der Waals surface area (Å²) in [5.74, 6) is 0.490. The third kappa shape index (κ3) is 3.14. The minimum absolute atomic E-state index is 0.0553. The molecule has 0 unspecified atom stereocenters. The molecule has 8 nitrogen and oxygen atoms in total. The number of hydrogen-bond donors (Lipinski definition) is 1. The van der Waals surface area contributed by atoms with Gasteiger partial charge in [-0.3, -0.25) is 4.72 Å². The Morgan fingerprint density at radius 2 is 2.00 bits per heavy atom. The molecule has 1 aromatic carbocycles. The number of hydrogen-bond acceptors (Lipinski definition) is 6. The molecular weight excluding hydrogens is 322 g/mol. The van der Waals surface area contributed by atoms with E-state index >= 15 is 0 Å². The summed E-state index contributed by atoms with van der Waals surface area (Å²) < 4.78 is 39.7. The average Bonchev–Trinajstić information content (AvgIpc) is 2.75. The van der Waals surface area contributed by atoms with Gasteiger partial charge < -0.3 is 14.0 Å². The number of sulfonamides is 1. The first-order valence-electron chi connectivity index (χ1n) is 6.92. The van der Waals surface area contributed by atoms with Crippen LogP contribution in [-0.2, 0) is 17.1 Å². The van der Waals surface area contributed by atoms with E-state index in [0.29, 0.717) is 25.4 Å². The Morgan fingerprint density at radius 1 is 1.22 bits per heavy atom. The molecule has 2 aromatic rings. The molecule has 0 bridgehead atoms. The van der Waals surface area contributed by atoms with Crippen LogP contribution in [0, 0.1) is 0 Å². The summed E-state index contributed by atoms with van der Waals surface area (Å²) in [4.78, 5) is 15.1. The van der Waals surface area contributed by atoms with Gasteiger partial charge in [0.1, 0.15) is 10.7 Å². The van der Waals surface area contributed by atoms with Crippen LogP contribution in [0.2, 0.25) is 0 Å². The van der Waals surface area contributed by atoms with Crippen molar-refractivity contribution >= 4 is 15.8 Å². The van der Waals surface area contributed by atoms with E-state index in [0.717, 1.165) is 0 Å². The first kappa shape index (κ1) is 15.3. The maximum absolute atomic E-state index is 12.6. The van der Waals surface area contributed by atoms with Gasteiger partial charge in [0.15, 0.2) is 11.5 Å². The molecule has 0 saturated carbocycles. The van der Waals surface area contributed by atoms with E-state index < -0.39 is 15.7 Å². The van der Waals surface area contributed by atoms with E-state index in [4.69, 9.17) is 9.47 Å². The normalized spacial score (nSPS) is 14.1. The zero-order chi connectivity index (χ0) is 16.4. The molecule has 0 fully saturated rings. The van der Waals surface area contributed by atoms with Gasteiger partial charge in [0.25, 0.3) is 10.0 Å². The first-order valence-corrected chi connectivity index (χ1v) is 8.41. The maximum Gasteiger partial charge on any atom is 0.349 e. The van der Waals surface area contributed by atoms with Crippen molar-refractivity contribution in [2.75, 3.05) is 17.9 Å². The van der Waals surface area contributed by atoms with Crippen molar-refractivity contribution < 1.29 is 17.9 Å². The van der Waals surface area contributed by atoms with Gasteiger partial charge in [-0.25, -0.2) is 13.2 Å². The smallest absolute Gasteiger partial charge is 0.349 e. The molecule has 9 heteroatoms. The number of nitrogens with one attached hydrogen (secondary N) is 1. The Kier molecular flexibility index (Phi) is 3.95. The lowest BCUT2D eigenvalue weighted by Gasteiger charge is -2.13. The standard InChI is InChI=1S/C14H15N3O5S/c1-17-7-6-12(15-14(17)18)16-23(19,20)11-5-2-4-10-13(11)22-9-3-8-21-10/h2,4-7H,3,8-9H2,1H3,(H,15,16,18). The number of para-hydroxylation sites is 1. The molecule has 2 heterocycles. The SMILES string of the molecule is Cn1ccc(NS(=O)(=O)c2cccc3c2OCCCO3)nc1=O. The third-order valence-electron chi connectivity index (χ3n) is 3.24. The summed E-state index contributed by atoms with van der Waals surface area (Å²) in [6.07, 6.45) is 2.09. The van der Waals surface area contributed by atoms with E-state index in [1.807, 2.05) is 0 Å². The van der Waals surface area contributed by atoms with E-state index in [9.17, 15) is 13.2 Å². The van der Waals surface area contributed by atoms with E-state index in [2.05, 4.69) is 9.71 Å². The number of anilines is 1. The summed E-state index contributed by atoms with van der Waals surface area (Å²) in [5, 5.41) is 0. The van der Waals surface area contributed by atoms with Crippen molar-refractivity contribution in [3.63, 3.8) is 0 Å². The largest absolute Gasteiger partial charge is 0.490 e. The number of rotatable bonds is 3. The highest BCUT2D eigenvalue weighted by Crippen LogP contribution is 2.36. The summed E-state index contributed by atoms with van der Waals surface area (Å²) in [5.41, 5.74) is -0.559. The van der Waals surface area contributed by atoms with E-state index in [-0.39, 0.29) is 16.5 Å². The van der Waals surface area contributed by atoms with Gasteiger partial charge in [-0.2, -0.15) is 4.98 Å². The lowest BCUT2D eigenvalue weighted by atomic mass is 10.3. The van der Waals surface area contributed by atoms with Gasteiger partial charge in [-0.05, 0) is 18.2 Å². The van der Waals surface area contributed by atoms with E-state index in [1.54, 1.807) is 12.1 Å². The fourth-order valence-corrected chi connectivity index (χ4v) is 3.25. The third-order valence-corrected chi connectivity index (χ3v) is 4.62. The quantitative estimate of drug-likeness (QED) is 0.887. The maximum atomic E-state index is 12.6. The molecule has 1 aliphatic rings. The van der Waals surface area contributed by atoms with Crippen molar-refractivity contribution in [1.82, 2.24) is 9.55 Å². The Balaban J connectivity index is 2.00. The Morgan fingerprint density at radius 3 is 2.78 bits per heavy atom. The molecule has 1 N–H and O–H groups in total. The van der Waals surface area contributed by atoms with Crippen LogP contribution < -0.4 is 19.9 Å². The summed E-state index contributed by atoms with van der Waals surface area (Å²) in [6, 6.07) is 6.03. The second kappa shape index (κ2) is 5.92. The van der Waals surface area contributed by atoms with Gasteiger partial charge in [-0.1, -0.05) is 6.07 Å². The molecule has 122 valence electrons. The first-order chi connectivity index (χ1) is 11.0. The average molecular weight is 337 g/mol. The Bertz CT molecular complexity index is 892.